The average molecular weight is 292 g/mol. The Labute approximate surface area is 124 Å². The monoisotopic (exact) mass is 291 g/mol. The van der Waals surface area contributed by atoms with Gasteiger partial charge in [-0.15, -0.1) is 0 Å². The minimum atomic E-state index is -0.0613. The van der Waals surface area contributed by atoms with Crippen LogP contribution in [0.2, 0.25) is 5.02 Å². The zero-order valence-electron chi connectivity index (χ0n) is 11.8. The van der Waals surface area contributed by atoms with Crippen LogP contribution in [0.15, 0.2) is 42.5 Å². The lowest BCUT2D eigenvalue weighted by molar-refractivity contribution is 0.395. The fourth-order valence-electron chi connectivity index (χ4n) is 2.25. The number of rotatable bonds is 5. The van der Waals surface area contributed by atoms with Crippen molar-refractivity contribution < 1.29 is 9.47 Å². The Balaban J connectivity index is 2.54. The molecule has 2 aromatic carbocycles. The van der Waals surface area contributed by atoms with E-state index in [2.05, 4.69) is 5.32 Å². The Morgan fingerprint density at radius 1 is 1.00 bits per heavy atom. The van der Waals surface area contributed by atoms with Crippen molar-refractivity contribution in [3.05, 3.63) is 58.6 Å². The first kappa shape index (κ1) is 14.7. The van der Waals surface area contributed by atoms with E-state index < -0.39 is 0 Å². The molecule has 4 heteroatoms. The normalized spacial score (nSPS) is 12.0. The van der Waals surface area contributed by atoms with E-state index in [4.69, 9.17) is 21.1 Å². The van der Waals surface area contributed by atoms with E-state index in [1.807, 2.05) is 49.5 Å². The van der Waals surface area contributed by atoms with Crippen LogP contribution < -0.4 is 14.8 Å². The lowest BCUT2D eigenvalue weighted by Crippen LogP contribution is -2.19. The van der Waals surface area contributed by atoms with Crippen molar-refractivity contribution in [1.82, 2.24) is 5.32 Å². The molecule has 0 radical (unpaired) electrons. The smallest absolute Gasteiger partial charge is 0.124 e. The number of nitrogens with one attached hydrogen (secondary N) is 1. The highest BCUT2D eigenvalue weighted by molar-refractivity contribution is 6.31. The van der Waals surface area contributed by atoms with Crippen LogP contribution >= 0.6 is 11.6 Å². The first-order valence-electron chi connectivity index (χ1n) is 6.35. The Morgan fingerprint density at radius 2 is 1.75 bits per heavy atom. The molecule has 20 heavy (non-hydrogen) atoms. The van der Waals surface area contributed by atoms with Gasteiger partial charge in [0.15, 0.2) is 0 Å². The van der Waals surface area contributed by atoms with E-state index in [0.29, 0.717) is 0 Å². The van der Waals surface area contributed by atoms with Crippen molar-refractivity contribution in [2.75, 3.05) is 21.3 Å². The summed E-state index contributed by atoms with van der Waals surface area (Å²) in [5.41, 5.74) is 1.99. The molecule has 0 fully saturated rings. The highest BCUT2D eigenvalue weighted by atomic mass is 35.5. The van der Waals surface area contributed by atoms with E-state index in [-0.39, 0.29) is 6.04 Å². The summed E-state index contributed by atoms with van der Waals surface area (Å²) >= 11 is 6.30. The summed E-state index contributed by atoms with van der Waals surface area (Å²) < 4.78 is 10.7. The third-order valence-electron chi connectivity index (χ3n) is 3.25. The molecule has 1 atom stereocenters. The van der Waals surface area contributed by atoms with Gasteiger partial charge in [0, 0.05) is 10.6 Å². The molecular formula is C16H18ClNO2. The summed E-state index contributed by atoms with van der Waals surface area (Å²) in [5.74, 6) is 1.58. The van der Waals surface area contributed by atoms with Crippen LogP contribution in [0.3, 0.4) is 0 Å². The molecule has 2 aromatic rings. The molecule has 1 N–H and O–H groups in total. The Bertz CT molecular complexity index is 586. The van der Waals surface area contributed by atoms with Crippen molar-refractivity contribution >= 4 is 11.6 Å². The van der Waals surface area contributed by atoms with Gasteiger partial charge >= 0.3 is 0 Å². The van der Waals surface area contributed by atoms with Crippen molar-refractivity contribution in [2.24, 2.45) is 0 Å². The first-order valence-corrected chi connectivity index (χ1v) is 6.72. The predicted octanol–water partition coefficient (Wildman–Crippen LogP) is 3.67. The molecule has 3 nitrogen and oxygen atoms in total. The molecule has 0 saturated carbocycles. The highest BCUT2D eigenvalue weighted by Crippen LogP contribution is 2.35. The van der Waals surface area contributed by atoms with Crippen LogP contribution in [-0.4, -0.2) is 21.3 Å². The van der Waals surface area contributed by atoms with Gasteiger partial charge in [0.25, 0.3) is 0 Å². The maximum atomic E-state index is 6.30. The van der Waals surface area contributed by atoms with Crippen molar-refractivity contribution in [2.45, 2.75) is 6.04 Å². The van der Waals surface area contributed by atoms with Crippen LogP contribution in [0.1, 0.15) is 17.2 Å². The zero-order chi connectivity index (χ0) is 14.5. The largest absolute Gasteiger partial charge is 0.497 e. The number of hydrogen-bond donors (Lipinski definition) is 1. The molecule has 1 unspecified atom stereocenters. The standard InChI is InChI=1S/C16H18ClNO2/c1-18-16(12-6-4-5-7-14(12)17)13-10-11(19-2)8-9-15(13)20-3/h4-10,16,18H,1-3H3. The third kappa shape index (κ3) is 2.89. The molecule has 0 aliphatic heterocycles. The number of benzene rings is 2. The molecule has 106 valence electrons. The maximum absolute atomic E-state index is 6.30. The van der Waals surface area contributed by atoms with E-state index in [1.165, 1.54) is 0 Å². The summed E-state index contributed by atoms with van der Waals surface area (Å²) in [6.45, 7) is 0. The molecule has 2 rings (SSSR count). The van der Waals surface area contributed by atoms with Crippen molar-refractivity contribution in [3.63, 3.8) is 0 Å². The summed E-state index contributed by atoms with van der Waals surface area (Å²) in [6.07, 6.45) is 0. The van der Waals surface area contributed by atoms with Crippen LogP contribution in [0.25, 0.3) is 0 Å². The van der Waals surface area contributed by atoms with Gasteiger partial charge in [-0.25, -0.2) is 0 Å². The Morgan fingerprint density at radius 3 is 2.35 bits per heavy atom. The number of methoxy groups -OCH3 is 2. The minimum absolute atomic E-state index is 0.0613. The average Bonchev–Trinajstić information content (AvgIpc) is 2.49. The lowest BCUT2D eigenvalue weighted by atomic mass is 9.97. The summed E-state index contributed by atoms with van der Waals surface area (Å²) in [7, 11) is 5.20. The van der Waals surface area contributed by atoms with E-state index in [9.17, 15) is 0 Å². The van der Waals surface area contributed by atoms with Crippen LogP contribution in [0.4, 0.5) is 0 Å². The number of hydrogen-bond acceptors (Lipinski definition) is 3. The van der Waals surface area contributed by atoms with Gasteiger partial charge in [-0.1, -0.05) is 29.8 Å². The van der Waals surface area contributed by atoms with Gasteiger partial charge in [0.1, 0.15) is 11.5 Å². The van der Waals surface area contributed by atoms with Crippen LogP contribution in [-0.2, 0) is 0 Å². The van der Waals surface area contributed by atoms with Gasteiger partial charge < -0.3 is 14.8 Å². The summed E-state index contributed by atoms with van der Waals surface area (Å²) in [5, 5.41) is 4.00. The molecule has 0 amide bonds. The molecular weight excluding hydrogens is 274 g/mol. The molecule has 0 aliphatic carbocycles. The number of halogens is 1. The Hall–Kier alpha value is -1.71. The quantitative estimate of drug-likeness (QED) is 0.912. The Kier molecular flexibility index (Phi) is 4.88. The van der Waals surface area contributed by atoms with Crippen molar-refractivity contribution in [1.29, 1.82) is 0 Å². The molecule has 0 bridgehead atoms. The third-order valence-corrected chi connectivity index (χ3v) is 3.60. The SMILES string of the molecule is CNC(c1ccccc1Cl)c1cc(OC)ccc1OC. The van der Waals surface area contributed by atoms with Crippen LogP contribution in [0, 0.1) is 0 Å². The first-order chi connectivity index (χ1) is 9.71. The molecule has 0 aromatic heterocycles. The number of ether oxygens (including phenoxy) is 2. The topological polar surface area (TPSA) is 30.5 Å². The van der Waals surface area contributed by atoms with Gasteiger partial charge in [0.2, 0.25) is 0 Å². The van der Waals surface area contributed by atoms with E-state index in [0.717, 1.165) is 27.6 Å². The fraction of sp³-hybridized carbons (Fsp3) is 0.250. The van der Waals surface area contributed by atoms with Gasteiger partial charge in [-0.2, -0.15) is 0 Å². The van der Waals surface area contributed by atoms with Gasteiger partial charge in [0.05, 0.1) is 20.3 Å². The highest BCUT2D eigenvalue weighted by Gasteiger charge is 2.19. The second-order valence-corrected chi connectivity index (χ2v) is 4.76. The van der Waals surface area contributed by atoms with Gasteiger partial charge in [-0.3, -0.25) is 0 Å². The van der Waals surface area contributed by atoms with Crippen LogP contribution in [0.5, 0.6) is 11.5 Å². The molecule has 0 aliphatic rings. The van der Waals surface area contributed by atoms with E-state index >= 15 is 0 Å². The second-order valence-electron chi connectivity index (χ2n) is 4.35. The molecule has 0 heterocycles. The minimum Gasteiger partial charge on any atom is -0.497 e. The molecule has 0 saturated heterocycles. The predicted molar refractivity (Wildman–Crippen MR) is 81.9 cm³/mol. The van der Waals surface area contributed by atoms with Crippen molar-refractivity contribution in [3.8, 4) is 11.5 Å². The molecule has 0 spiro atoms. The zero-order valence-corrected chi connectivity index (χ0v) is 12.6. The fourth-order valence-corrected chi connectivity index (χ4v) is 2.50. The van der Waals surface area contributed by atoms with Gasteiger partial charge in [-0.05, 0) is 36.9 Å². The summed E-state index contributed by atoms with van der Waals surface area (Å²) in [4.78, 5) is 0. The summed E-state index contributed by atoms with van der Waals surface area (Å²) in [6, 6.07) is 13.4. The second kappa shape index (κ2) is 6.64. The lowest BCUT2D eigenvalue weighted by Gasteiger charge is -2.21. The van der Waals surface area contributed by atoms with E-state index in [1.54, 1.807) is 14.2 Å². The maximum Gasteiger partial charge on any atom is 0.124 e.